The summed E-state index contributed by atoms with van der Waals surface area (Å²) in [6, 6.07) is 19.0. The second kappa shape index (κ2) is 8.13. The van der Waals surface area contributed by atoms with E-state index < -0.39 is 0 Å². The molecule has 1 aromatic heterocycles. The van der Waals surface area contributed by atoms with Crippen LogP contribution in [0.15, 0.2) is 66.9 Å². The van der Waals surface area contributed by atoms with Crippen molar-refractivity contribution in [1.82, 2.24) is 4.98 Å². The maximum atomic E-state index is 12.6. The first-order chi connectivity index (χ1) is 13.4. The van der Waals surface area contributed by atoms with Gasteiger partial charge < -0.3 is 15.4 Å². The zero-order chi connectivity index (χ0) is 20.1. The number of nitrogens with one attached hydrogen (secondary N) is 2. The van der Waals surface area contributed by atoms with Crippen molar-refractivity contribution in [2.75, 3.05) is 17.7 Å². The van der Waals surface area contributed by atoms with Crippen molar-refractivity contribution >= 4 is 23.0 Å². The quantitative estimate of drug-likeness (QED) is 0.628. The number of aromatic nitrogens is 1. The minimum Gasteiger partial charge on any atom is -0.497 e. The van der Waals surface area contributed by atoms with Crippen molar-refractivity contribution in [3.05, 3.63) is 78.1 Å². The van der Waals surface area contributed by atoms with Gasteiger partial charge in [-0.05, 0) is 41.3 Å². The number of hydrogen-bond acceptors (Lipinski definition) is 4. The minimum atomic E-state index is -0.277. The van der Waals surface area contributed by atoms with Crippen LogP contribution in [-0.2, 0) is 5.41 Å². The molecule has 28 heavy (non-hydrogen) atoms. The van der Waals surface area contributed by atoms with E-state index in [1.165, 1.54) is 5.56 Å². The van der Waals surface area contributed by atoms with Crippen LogP contribution in [0.4, 0.5) is 17.1 Å². The highest BCUT2D eigenvalue weighted by Crippen LogP contribution is 2.31. The lowest BCUT2D eigenvalue weighted by Gasteiger charge is -2.23. The number of hydrogen-bond donors (Lipinski definition) is 2. The van der Waals surface area contributed by atoms with Crippen LogP contribution in [0.3, 0.4) is 0 Å². The van der Waals surface area contributed by atoms with Crippen molar-refractivity contribution < 1.29 is 9.53 Å². The molecule has 1 heterocycles. The molecule has 0 aliphatic carbocycles. The van der Waals surface area contributed by atoms with Crippen LogP contribution in [-0.4, -0.2) is 18.0 Å². The van der Waals surface area contributed by atoms with Gasteiger partial charge in [-0.1, -0.05) is 45.0 Å². The summed E-state index contributed by atoms with van der Waals surface area (Å²) in [5.41, 5.74) is 4.02. The smallest absolute Gasteiger partial charge is 0.274 e. The van der Waals surface area contributed by atoms with E-state index in [0.29, 0.717) is 17.1 Å². The molecular weight excluding hydrogens is 350 g/mol. The zero-order valence-corrected chi connectivity index (χ0v) is 16.6. The second-order valence-electron chi connectivity index (χ2n) is 7.54. The fourth-order valence-electron chi connectivity index (χ4n) is 2.93. The van der Waals surface area contributed by atoms with E-state index in [1.807, 2.05) is 42.5 Å². The number of ether oxygens (including phenoxy) is 1. The van der Waals surface area contributed by atoms with E-state index in [0.717, 1.165) is 11.4 Å². The van der Waals surface area contributed by atoms with Gasteiger partial charge >= 0.3 is 0 Å². The van der Waals surface area contributed by atoms with Crippen LogP contribution in [0, 0.1) is 0 Å². The van der Waals surface area contributed by atoms with Gasteiger partial charge in [-0.3, -0.25) is 9.78 Å². The number of methoxy groups -OCH3 is 1. The van der Waals surface area contributed by atoms with Crippen LogP contribution in [0.25, 0.3) is 0 Å². The Labute approximate surface area is 165 Å². The molecule has 1 amide bonds. The van der Waals surface area contributed by atoms with E-state index >= 15 is 0 Å². The molecule has 0 aliphatic heterocycles. The van der Waals surface area contributed by atoms with Crippen molar-refractivity contribution in [3.8, 4) is 5.75 Å². The molecule has 144 valence electrons. The summed E-state index contributed by atoms with van der Waals surface area (Å²) in [4.78, 5) is 16.8. The van der Waals surface area contributed by atoms with E-state index in [4.69, 9.17) is 4.74 Å². The lowest BCUT2D eigenvalue weighted by molar-refractivity contribution is 0.102. The molecule has 3 aromatic rings. The maximum Gasteiger partial charge on any atom is 0.274 e. The number of carbonyl (C=O) groups excluding carboxylic acids is 1. The van der Waals surface area contributed by atoms with Crippen molar-refractivity contribution in [2.45, 2.75) is 26.2 Å². The van der Waals surface area contributed by atoms with Gasteiger partial charge in [-0.25, -0.2) is 0 Å². The number of anilines is 3. The summed E-state index contributed by atoms with van der Waals surface area (Å²) in [7, 11) is 1.59. The van der Waals surface area contributed by atoms with Crippen LogP contribution in [0.5, 0.6) is 5.75 Å². The number of pyridine rings is 1. The molecule has 0 fully saturated rings. The fraction of sp³-hybridized carbons (Fsp3) is 0.217. The molecule has 2 aromatic carbocycles. The first kappa shape index (κ1) is 19.4. The molecule has 0 radical (unpaired) electrons. The normalized spacial score (nSPS) is 11.0. The SMILES string of the molecule is COc1cccc(NC(=O)c2cc(Nc3ccccc3C(C)(C)C)ccn2)c1. The first-order valence-electron chi connectivity index (χ1n) is 9.15. The summed E-state index contributed by atoms with van der Waals surface area (Å²) in [6.45, 7) is 6.52. The number of para-hydroxylation sites is 1. The molecule has 0 saturated carbocycles. The predicted octanol–water partition coefficient (Wildman–Crippen LogP) is 5.38. The van der Waals surface area contributed by atoms with Crippen molar-refractivity contribution in [1.29, 1.82) is 0 Å². The lowest BCUT2D eigenvalue weighted by atomic mass is 9.86. The predicted molar refractivity (Wildman–Crippen MR) is 114 cm³/mol. The molecule has 0 saturated heterocycles. The summed E-state index contributed by atoms with van der Waals surface area (Å²) < 4.78 is 5.19. The third kappa shape index (κ3) is 4.68. The summed E-state index contributed by atoms with van der Waals surface area (Å²) in [5, 5.41) is 6.27. The maximum absolute atomic E-state index is 12.6. The van der Waals surface area contributed by atoms with Gasteiger partial charge in [-0.15, -0.1) is 0 Å². The van der Waals surface area contributed by atoms with Crippen molar-refractivity contribution in [3.63, 3.8) is 0 Å². The highest BCUT2D eigenvalue weighted by molar-refractivity contribution is 6.03. The number of carbonyl (C=O) groups is 1. The number of benzene rings is 2. The Morgan fingerprint density at radius 2 is 1.75 bits per heavy atom. The molecule has 0 spiro atoms. The van der Waals surface area contributed by atoms with Gasteiger partial charge in [0.2, 0.25) is 0 Å². The van der Waals surface area contributed by atoms with Gasteiger partial charge in [0.05, 0.1) is 7.11 Å². The van der Waals surface area contributed by atoms with E-state index in [1.54, 1.807) is 25.4 Å². The Balaban J connectivity index is 1.80. The van der Waals surface area contributed by atoms with Crippen LogP contribution < -0.4 is 15.4 Å². The largest absolute Gasteiger partial charge is 0.497 e. The Morgan fingerprint density at radius 3 is 2.50 bits per heavy atom. The molecule has 3 rings (SSSR count). The third-order valence-electron chi connectivity index (χ3n) is 4.33. The van der Waals surface area contributed by atoms with E-state index in [2.05, 4.69) is 42.5 Å². The minimum absolute atomic E-state index is 0.00317. The van der Waals surface area contributed by atoms with Crippen LogP contribution >= 0.6 is 0 Å². The number of rotatable bonds is 5. The Kier molecular flexibility index (Phi) is 5.64. The van der Waals surface area contributed by atoms with Gasteiger partial charge in [0.15, 0.2) is 0 Å². The lowest BCUT2D eigenvalue weighted by Crippen LogP contribution is -2.15. The Bertz CT molecular complexity index is 977. The molecule has 2 N–H and O–H groups in total. The average molecular weight is 375 g/mol. The van der Waals surface area contributed by atoms with Gasteiger partial charge in [0.25, 0.3) is 5.91 Å². The van der Waals surface area contributed by atoms with E-state index in [-0.39, 0.29) is 11.3 Å². The molecule has 0 unspecified atom stereocenters. The molecule has 5 heteroatoms. The van der Waals surface area contributed by atoms with Crippen LogP contribution in [0.2, 0.25) is 0 Å². The topological polar surface area (TPSA) is 63.2 Å². The molecular formula is C23H25N3O2. The third-order valence-corrected chi connectivity index (χ3v) is 4.33. The fourth-order valence-corrected chi connectivity index (χ4v) is 2.93. The second-order valence-corrected chi connectivity index (χ2v) is 7.54. The van der Waals surface area contributed by atoms with Crippen LogP contribution in [0.1, 0.15) is 36.8 Å². The molecule has 0 bridgehead atoms. The molecule has 0 atom stereocenters. The first-order valence-corrected chi connectivity index (χ1v) is 9.15. The van der Waals surface area contributed by atoms with E-state index in [9.17, 15) is 4.79 Å². The zero-order valence-electron chi connectivity index (χ0n) is 16.6. The number of nitrogens with zero attached hydrogens (tertiary/aromatic N) is 1. The molecule has 5 nitrogen and oxygen atoms in total. The average Bonchev–Trinajstić information content (AvgIpc) is 2.68. The summed E-state index contributed by atoms with van der Waals surface area (Å²) in [6.07, 6.45) is 1.63. The summed E-state index contributed by atoms with van der Waals surface area (Å²) in [5.74, 6) is 0.404. The van der Waals surface area contributed by atoms with Gasteiger partial charge in [-0.2, -0.15) is 0 Å². The van der Waals surface area contributed by atoms with Gasteiger partial charge in [0.1, 0.15) is 11.4 Å². The van der Waals surface area contributed by atoms with Crippen molar-refractivity contribution in [2.24, 2.45) is 0 Å². The Morgan fingerprint density at radius 1 is 0.964 bits per heavy atom. The highest BCUT2D eigenvalue weighted by atomic mass is 16.5. The van der Waals surface area contributed by atoms with Gasteiger partial charge in [0, 0.05) is 29.3 Å². The monoisotopic (exact) mass is 375 g/mol. The summed E-state index contributed by atoms with van der Waals surface area (Å²) >= 11 is 0. The molecule has 0 aliphatic rings. The Hall–Kier alpha value is -3.34. The standard InChI is InChI=1S/C23H25N3O2/c1-23(2,3)19-10-5-6-11-20(19)25-17-12-13-24-21(15-17)22(27)26-16-8-7-9-18(14-16)28-4/h5-15H,1-4H3,(H,24,25)(H,26,27). The number of amides is 1. The highest BCUT2D eigenvalue weighted by Gasteiger charge is 2.18.